The molecule has 7 heteroatoms. The summed E-state index contributed by atoms with van der Waals surface area (Å²) < 4.78 is 13.1. The van der Waals surface area contributed by atoms with Gasteiger partial charge in [0.1, 0.15) is 5.82 Å². The molecule has 0 fully saturated rings. The molecule has 29 heavy (non-hydrogen) atoms. The molecular formula is C22H27FN4O2. The monoisotopic (exact) mass is 398 g/mol. The highest BCUT2D eigenvalue weighted by molar-refractivity contribution is 5.96. The van der Waals surface area contributed by atoms with Gasteiger partial charge in [0.2, 0.25) is 0 Å². The fourth-order valence-corrected chi connectivity index (χ4v) is 2.79. The zero-order chi connectivity index (χ0) is 21.1. The summed E-state index contributed by atoms with van der Waals surface area (Å²) in [6.45, 7) is 6.09. The molecule has 0 aliphatic carbocycles. The summed E-state index contributed by atoms with van der Waals surface area (Å²) in [6, 6.07) is 13.2. The Balaban J connectivity index is 1.81. The molecular weight excluding hydrogens is 371 g/mol. The number of nitrogens with zero attached hydrogens (tertiary/aromatic N) is 2. The van der Waals surface area contributed by atoms with Gasteiger partial charge in [0.25, 0.3) is 11.8 Å². The van der Waals surface area contributed by atoms with Gasteiger partial charge in [-0.05, 0) is 48.7 Å². The normalized spacial score (nSPS) is 10.7. The molecule has 0 unspecified atom stereocenters. The first kappa shape index (κ1) is 22.1. The molecule has 0 bridgehead atoms. The van der Waals surface area contributed by atoms with E-state index in [9.17, 15) is 14.0 Å². The van der Waals surface area contributed by atoms with Crippen LogP contribution in [0.1, 0.15) is 42.6 Å². The average Bonchev–Trinajstić information content (AvgIpc) is 2.72. The molecule has 0 radical (unpaired) electrons. The van der Waals surface area contributed by atoms with E-state index in [4.69, 9.17) is 0 Å². The minimum Gasteiger partial charge on any atom is -0.372 e. The number of anilines is 1. The fraction of sp³-hybridized carbons (Fsp3) is 0.318. The van der Waals surface area contributed by atoms with Gasteiger partial charge in [0.05, 0.1) is 12.8 Å². The highest BCUT2D eigenvalue weighted by Crippen LogP contribution is 2.15. The molecule has 6 nitrogen and oxygen atoms in total. The van der Waals surface area contributed by atoms with E-state index in [0.29, 0.717) is 0 Å². The molecule has 0 aliphatic rings. The molecule has 0 saturated carbocycles. The van der Waals surface area contributed by atoms with Gasteiger partial charge in [-0.25, -0.2) is 9.82 Å². The molecule has 0 saturated heterocycles. The first-order chi connectivity index (χ1) is 14.0. The molecule has 2 N–H and O–H groups in total. The van der Waals surface area contributed by atoms with Crippen LogP contribution in [0.2, 0.25) is 0 Å². The Hall–Kier alpha value is -3.22. The summed E-state index contributed by atoms with van der Waals surface area (Å²) in [7, 11) is 0. The highest BCUT2D eigenvalue weighted by atomic mass is 19.1. The van der Waals surface area contributed by atoms with Gasteiger partial charge in [-0.1, -0.05) is 32.0 Å². The number of hydrogen-bond donors (Lipinski definition) is 2. The smallest absolute Gasteiger partial charge is 0.259 e. The summed E-state index contributed by atoms with van der Waals surface area (Å²) in [5.41, 5.74) is 4.53. The Labute approximate surface area is 170 Å². The van der Waals surface area contributed by atoms with Crippen molar-refractivity contribution < 1.29 is 14.0 Å². The molecule has 0 atom stereocenters. The van der Waals surface area contributed by atoms with E-state index >= 15 is 0 Å². The van der Waals surface area contributed by atoms with Gasteiger partial charge in [0.15, 0.2) is 0 Å². The Kier molecular flexibility index (Phi) is 8.82. The van der Waals surface area contributed by atoms with E-state index in [2.05, 4.69) is 34.6 Å². The minimum absolute atomic E-state index is 0.154. The Morgan fingerprint density at radius 3 is 2.38 bits per heavy atom. The van der Waals surface area contributed by atoms with Crippen molar-refractivity contribution in [1.82, 2.24) is 10.7 Å². The van der Waals surface area contributed by atoms with Crippen LogP contribution < -0.4 is 15.6 Å². The predicted molar refractivity (Wildman–Crippen MR) is 114 cm³/mol. The van der Waals surface area contributed by atoms with Gasteiger partial charge < -0.3 is 10.2 Å². The van der Waals surface area contributed by atoms with Crippen LogP contribution in [-0.2, 0) is 4.79 Å². The number of hydrazone groups is 1. The Bertz CT molecular complexity index is 831. The van der Waals surface area contributed by atoms with Crippen LogP contribution in [0.3, 0.4) is 0 Å². The number of rotatable bonds is 10. The van der Waals surface area contributed by atoms with Gasteiger partial charge in [-0.2, -0.15) is 5.10 Å². The van der Waals surface area contributed by atoms with Crippen LogP contribution in [-0.4, -0.2) is 37.7 Å². The number of amides is 2. The third-order valence-corrected chi connectivity index (χ3v) is 4.14. The van der Waals surface area contributed by atoms with E-state index in [0.717, 1.165) is 43.2 Å². The second kappa shape index (κ2) is 11.6. The topological polar surface area (TPSA) is 73.8 Å². The van der Waals surface area contributed by atoms with Crippen LogP contribution in [0.5, 0.6) is 0 Å². The number of halogens is 1. The van der Waals surface area contributed by atoms with Crippen molar-refractivity contribution in [3.8, 4) is 0 Å². The van der Waals surface area contributed by atoms with E-state index in [1.165, 1.54) is 18.2 Å². The lowest BCUT2D eigenvalue weighted by Gasteiger charge is -2.23. The van der Waals surface area contributed by atoms with E-state index in [1.54, 1.807) is 6.21 Å². The number of nitrogens with one attached hydrogen (secondary N) is 2. The maximum Gasteiger partial charge on any atom is 0.259 e. The summed E-state index contributed by atoms with van der Waals surface area (Å²) >= 11 is 0. The first-order valence-corrected chi connectivity index (χ1v) is 9.74. The summed E-state index contributed by atoms with van der Waals surface area (Å²) in [4.78, 5) is 26.0. The van der Waals surface area contributed by atoms with Crippen molar-refractivity contribution in [3.63, 3.8) is 0 Å². The minimum atomic E-state index is -0.525. The van der Waals surface area contributed by atoms with Crippen molar-refractivity contribution in [2.45, 2.75) is 26.7 Å². The maximum absolute atomic E-state index is 13.1. The number of carbonyl (C=O) groups is 2. The van der Waals surface area contributed by atoms with E-state index in [1.807, 2.05) is 24.3 Å². The van der Waals surface area contributed by atoms with Gasteiger partial charge in [-0.3, -0.25) is 9.59 Å². The van der Waals surface area contributed by atoms with E-state index < -0.39 is 17.6 Å². The molecule has 2 aromatic carbocycles. The molecule has 154 valence electrons. The summed E-state index contributed by atoms with van der Waals surface area (Å²) in [6.07, 6.45) is 3.72. The molecule has 0 aromatic heterocycles. The lowest BCUT2D eigenvalue weighted by atomic mass is 10.2. The third kappa shape index (κ3) is 7.37. The van der Waals surface area contributed by atoms with Gasteiger partial charge in [-0.15, -0.1) is 0 Å². The Morgan fingerprint density at radius 2 is 1.76 bits per heavy atom. The largest absolute Gasteiger partial charge is 0.372 e. The zero-order valence-electron chi connectivity index (χ0n) is 16.8. The van der Waals surface area contributed by atoms with Crippen molar-refractivity contribution in [3.05, 3.63) is 65.5 Å². The SMILES string of the molecule is CCCN(CCC)c1ccc(C=NNC(=O)CNC(=O)c2cccc(F)c2)cc1. The van der Waals surface area contributed by atoms with Crippen LogP contribution in [0, 0.1) is 5.82 Å². The zero-order valence-corrected chi connectivity index (χ0v) is 16.8. The van der Waals surface area contributed by atoms with E-state index in [-0.39, 0.29) is 12.1 Å². The standard InChI is InChI=1S/C22H27FN4O2/c1-3-12-27(13-4-2)20-10-8-17(9-11-20)15-25-26-21(28)16-24-22(29)18-6-5-7-19(23)14-18/h5-11,14-15H,3-4,12-13,16H2,1-2H3,(H,24,29)(H,26,28). The summed E-state index contributed by atoms with van der Waals surface area (Å²) in [5.74, 6) is -1.51. The molecule has 0 aliphatic heterocycles. The lowest BCUT2D eigenvalue weighted by Crippen LogP contribution is -2.34. The second-order valence-corrected chi connectivity index (χ2v) is 6.56. The molecule has 0 spiro atoms. The van der Waals surface area contributed by atoms with Gasteiger partial charge >= 0.3 is 0 Å². The summed E-state index contributed by atoms with van der Waals surface area (Å²) in [5, 5.41) is 6.33. The number of hydrogen-bond acceptors (Lipinski definition) is 4. The number of benzene rings is 2. The maximum atomic E-state index is 13.1. The first-order valence-electron chi connectivity index (χ1n) is 9.74. The second-order valence-electron chi connectivity index (χ2n) is 6.56. The molecule has 2 aromatic rings. The lowest BCUT2D eigenvalue weighted by molar-refractivity contribution is -0.120. The van der Waals surface area contributed by atoms with Crippen molar-refractivity contribution in [2.24, 2.45) is 5.10 Å². The molecule has 0 heterocycles. The fourth-order valence-electron chi connectivity index (χ4n) is 2.79. The number of carbonyl (C=O) groups excluding carboxylic acids is 2. The molecule has 2 amide bonds. The Morgan fingerprint density at radius 1 is 1.07 bits per heavy atom. The van der Waals surface area contributed by atoms with Crippen molar-refractivity contribution >= 4 is 23.7 Å². The average molecular weight is 398 g/mol. The predicted octanol–water partition coefficient (Wildman–Crippen LogP) is 3.33. The van der Waals surface area contributed by atoms with Crippen LogP contribution in [0.15, 0.2) is 53.6 Å². The third-order valence-electron chi connectivity index (χ3n) is 4.14. The van der Waals surface area contributed by atoms with Gasteiger partial charge in [0, 0.05) is 24.3 Å². The van der Waals surface area contributed by atoms with Crippen LogP contribution in [0.25, 0.3) is 0 Å². The van der Waals surface area contributed by atoms with Crippen molar-refractivity contribution in [2.75, 3.05) is 24.5 Å². The molecule has 2 rings (SSSR count). The van der Waals surface area contributed by atoms with Crippen LogP contribution in [0.4, 0.5) is 10.1 Å². The van der Waals surface area contributed by atoms with Crippen LogP contribution >= 0.6 is 0 Å². The quantitative estimate of drug-likeness (QED) is 0.476. The van der Waals surface area contributed by atoms with Crippen molar-refractivity contribution in [1.29, 1.82) is 0 Å². The highest BCUT2D eigenvalue weighted by Gasteiger charge is 2.08.